The summed E-state index contributed by atoms with van der Waals surface area (Å²) in [4.78, 5) is 40.0. The summed E-state index contributed by atoms with van der Waals surface area (Å²) < 4.78 is 31.0. The molecule has 2 fully saturated rings. The van der Waals surface area contributed by atoms with Gasteiger partial charge in [0, 0.05) is 43.3 Å². The smallest absolute Gasteiger partial charge is 0.330 e. The van der Waals surface area contributed by atoms with Gasteiger partial charge < -0.3 is 23.7 Å². The zero-order chi connectivity index (χ0) is 35.7. The van der Waals surface area contributed by atoms with Gasteiger partial charge in [-0.3, -0.25) is 28.4 Å². The maximum absolute atomic E-state index is 11.7. The summed E-state index contributed by atoms with van der Waals surface area (Å²) >= 11 is 0. The molecule has 2 aromatic heterocycles. The van der Waals surface area contributed by atoms with E-state index in [0.717, 1.165) is 18.7 Å². The topological polar surface area (TPSA) is 159 Å². The fourth-order valence-electron chi connectivity index (χ4n) is 6.16. The maximum atomic E-state index is 11.7. The van der Waals surface area contributed by atoms with E-state index in [-0.39, 0.29) is 35.8 Å². The van der Waals surface area contributed by atoms with E-state index in [0.29, 0.717) is 6.01 Å². The lowest BCUT2D eigenvalue weighted by Crippen LogP contribution is -2.42. The van der Waals surface area contributed by atoms with Crippen molar-refractivity contribution in [1.82, 2.24) is 19.1 Å². The molecule has 0 radical (unpaired) electrons. The van der Waals surface area contributed by atoms with Crippen molar-refractivity contribution >= 4 is 22.5 Å². The summed E-state index contributed by atoms with van der Waals surface area (Å²) in [6, 6.07) is 3.04. The SMILES string of the molecule is CC(=N[Si](C)(C)C)O[Si](C)(C)C.CC[C@H]1O[C@@H](n2ccc(=O)[nH]c2=O)[C@@](C)(O)[C@@H]1C.CC[C@H]1O[C@H]2n3ccc(=O)nc3O[C@@]2(C)[C@@H]1C. The lowest BCUT2D eigenvalue weighted by atomic mass is 9.87. The third-order valence-electron chi connectivity index (χ3n) is 8.76. The first-order valence-corrected chi connectivity index (χ1v) is 23.3. The molecule has 2 aromatic rings. The quantitative estimate of drug-likeness (QED) is 0.258. The Morgan fingerprint density at radius 1 is 0.957 bits per heavy atom. The third kappa shape index (κ3) is 8.99. The second-order valence-corrected chi connectivity index (χ2v) is 23.9. The van der Waals surface area contributed by atoms with Gasteiger partial charge in [-0.2, -0.15) is 4.98 Å². The number of rotatable bonds is 5. The van der Waals surface area contributed by atoms with Crippen molar-refractivity contribution in [2.75, 3.05) is 0 Å². The first kappa shape index (κ1) is 38.6. The molecule has 8 atom stereocenters. The highest BCUT2D eigenvalue weighted by Gasteiger charge is 2.58. The minimum absolute atomic E-state index is 0.0914. The molecule has 3 aliphatic rings. The molecule has 2 N–H and O–H groups in total. The van der Waals surface area contributed by atoms with E-state index >= 15 is 0 Å². The Balaban J connectivity index is 0.000000196. The summed E-state index contributed by atoms with van der Waals surface area (Å²) in [7, 11) is -2.76. The van der Waals surface area contributed by atoms with Gasteiger partial charge in [-0.25, -0.2) is 4.79 Å². The van der Waals surface area contributed by atoms with Gasteiger partial charge in [-0.05, 0) is 66.0 Å². The molecule has 2 saturated heterocycles. The lowest BCUT2D eigenvalue weighted by Gasteiger charge is -2.28. The van der Waals surface area contributed by atoms with Crippen molar-refractivity contribution in [2.24, 2.45) is 16.5 Å². The Bertz CT molecular complexity index is 1590. The average Bonchev–Trinajstić information content (AvgIpc) is 3.44. The van der Waals surface area contributed by atoms with Crippen LogP contribution >= 0.6 is 0 Å². The molecule has 5 heterocycles. The predicted octanol–water partition coefficient (Wildman–Crippen LogP) is 4.66. The fraction of sp³-hybridized carbons (Fsp3) is 0.719. The van der Waals surface area contributed by atoms with Gasteiger partial charge in [0.2, 0.25) is 8.32 Å². The molecular formula is C32H55N5O8Si2. The average molecular weight is 694 g/mol. The molecule has 3 aliphatic heterocycles. The van der Waals surface area contributed by atoms with E-state index in [2.05, 4.69) is 67.8 Å². The Kier molecular flexibility index (Phi) is 11.8. The minimum Gasteiger partial charge on any atom is -0.535 e. The maximum Gasteiger partial charge on any atom is 0.330 e. The van der Waals surface area contributed by atoms with Crippen LogP contribution in [0.3, 0.4) is 0 Å². The van der Waals surface area contributed by atoms with E-state index < -0.39 is 45.2 Å². The van der Waals surface area contributed by atoms with Crippen molar-refractivity contribution in [3.63, 3.8) is 0 Å². The zero-order valence-corrected chi connectivity index (χ0v) is 32.3. The number of aromatic amines is 1. The highest BCUT2D eigenvalue weighted by Crippen LogP contribution is 2.50. The van der Waals surface area contributed by atoms with Crippen LogP contribution in [-0.2, 0) is 13.9 Å². The number of aromatic nitrogens is 4. The highest BCUT2D eigenvalue weighted by molar-refractivity contribution is 6.76. The monoisotopic (exact) mass is 693 g/mol. The van der Waals surface area contributed by atoms with E-state index in [4.69, 9.17) is 18.6 Å². The van der Waals surface area contributed by atoms with Crippen molar-refractivity contribution in [3.8, 4) is 6.01 Å². The van der Waals surface area contributed by atoms with Gasteiger partial charge in [-0.1, -0.05) is 27.7 Å². The van der Waals surface area contributed by atoms with Crippen molar-refractivity contribution in [3.05, 3.63) is 55.7 Å². The molecule has 13 nitrogen and oxygen atoms in total. The van der Waals surface area contributed by atoms with Crippen molar-refractivity contribution in [1.29, 1.82) is 0 Å². The third-order valence-corrected chi connectivity index (χ3v) is 10.7. The van der Waals surface area contributed by atoms with E-state index in [9.17, 15) is 19.5 Å². The van der Waals surface area contributed by atoms with Gasteiger partial charge in [0.15, 0.2) is 32.2 Å². The Morgan fingerprint density at radius 3 is 2.02 bits per heavy atom. The Morgan fingerprint density at radius 2 is 1.51 bits per heavy atom. The largest absolute Gasteiger partial charge is 0.535 e. The van der Waals surface area contributed by atoms with Crippen LogP contribution in [0.5, 0.6) is 6.01 Å². The minimum atomic E-state index is -1.43. The fourth-order valence-corrected chi connectivity index (χ4v) is 8.18. The molecule has 5 rings (SSSR count). The molecule has 264 valence electrons. The van der Waals surface area contributed by atoms with Crippen LogP contribution in [-0.4, -0.2) is 70.1 Å². The number of hydrogen-bond acceptors (Lipinski definition) is 10. The van der Waals surface area contributed by atoms with Gasteiger partial charge >= 0.3 is 11.7 Å². The summed E-state index contributed by atoms with van der Waals surface area (Å²) in [6.07, 6.45) is 3.90. The number of H-pyrrole nitrogens is 1. The Labute approximate surface area is 279 Å². The molecule has 0 aliphatic carbocycles. The normalized spacial score (nSPS) is 31.5. The van der Waals surface area contributed by atoms with E-state index in [1.54, 1.807) is 13.1 Å². The molecule has 0 amide bonds. The number of aliphatic hydroxyl groups is 1. The molecule has 0 unspecified atom stereocenters. The van der Waals surface area contributed by atoms with Crippen LogP contribution in [0.2, 0.25) is 39.3 Å². The van der Waals surface area contributed by atoms with Gasteiger partial charge in [0.05, 0.1) is 12.2 Å². The van der Waals surface area contributed by atoms with Crippen molar-refractivity contribution in [2.45, 2.75) is 136 Å². The summed E-state index contributed by atoms with van der Waals surface area (Å²) in [5, 5.41) is 10.5. The van der Waals surface area contributed by atoms with Crippen LogP contribution < -0.4 is 21.5 Å². The number of nitrogens with zero attached hydrogens (tertiary/aromatic N) is 4. The molecule has 47 heavy (non-hydrogen) atoms. The second kappa shape index (κ2) is 14.3. The van der Waals surface area contributed by atoms with Gasteiger partial charge in [0.1, 0.15) is 5.60 Å². The molecule has 0 aromatic carbocycles. The second-order valence-electron chi connectivity index (χ2n) is 14.9. The molecular weight excluding hydrogens is 639 g/mol. The van der Waals surface area contributed by atoms with Gasteiger partial charge in [-0.15, -0.1) is 0 Å². The first-order chi connectivity index (χ1) is 21.5. The molecule has 0 saturated carbocycles. The van der Waals surface area contributed by atoms with Crippen LogP contribution in [0.4, 0.5) is 0 Å². The number of nitrogens with one attached hydrogen (secondary N) is 1. The van der Waals surface area contributed by atoms with E-state index in [1.807, 2.05) is 32.3 Å². The van der Waals surface area contributed by atoms with Gasteiger partial charge in [0.25, 0.3) is 11.1 Å². The first-order valence-electron chi connectivity index (χ1n) is 16.4. The van der Waals surface area contributed by atoms with Crippen LogP contribution in [0.1, 0.15) is 73.8 Å². The number of ether oxygens (including phenoxy) is 3. The predicted molar refractivity (Wildman–Crippen MR) is 187 cm³/mol. The van der Waals surface area contributed by atoms with E-state index in [1.165, 1.54) is 22.9 Å². The van der Waals surface area contributed by atoms with Crippen LogP contribution in [0.15, 0.2) is 43.6 Å². The molecule has 0 spiro atoms. The van der Waals surface area contributed by atoms with Crippen LogP contribution in [0.25, 0.3) is 0 Å². The number of fused-ring (bicyclic) bond motifs is 3. The molecule has 0 bridgehead atoms. The highest BCUT2D eigenvalue weighted by atomic mass is 28.4. The number of hydrogen-bond donors (Lipinski definition) is 2. The summed E-state index contributed by atoms with van der Waals surface area (Å²) in [5.41, 5.74) is -2.89. The summed E-state index contributed by atoms with van der Waals surface area (Å²) in [6.45, 7) is 26.9. The standard InChI is InChI=1S/C12H18N2O4.C12H16N2O3.C8H21NOSi2/c1-4-8-7(2)12(3,17)10(18-8)14-6-5-9(15)13-11(14)16;1-4-8-7(2)12(3)10(16-8)14-6-5-9(15)13-11(14)17-12;1-8(9-11(2,3)4)10-12(5,6)7/h5-8,10,17H,4H2,1-3H3,(H,13,15,16);5-8,10H,4H2,1-3H3;1-7H3/t2*7-,8-,10-,12+;/m11./s1. The molecule has 15 heteroatoms. The van der Waals surface area contributed by atoms with Crippen LogP contribution in [0, 0.1) is 11.8 Å². The zero-order valence-electron chi connectivity index (χ0n) is 30.3. The summed E-state index contributed by atoms with van der Waals surface area (Å²) in [5.74, 6) is 1.06. The Hall–Kier alpha value is -2.86. The van der Waals surface area contributed by atoms with Crippen molar-refractivity contribution < 1.29 is 23.7 Å². The lowest BCUT2D eigenvalue weighted by molar-refractivity contribution is -0.0876.